The van der Waals surface area contributed by atoms with Gasteiger partial charge in [0.1, 0.15) is 11.7 Å². The second kappa shape index (κ2) is 5.99. The molecule has 0 spiro atoms. The zero-order valence-electron chi connectivity index (χ0n) is 12.4. The second-order valence-electron chi connectivity index (χ2n) is 5.77. The molecule has 0 aliphatic heterocycles. The van der Waals surface area contributed by atoms with Gasteiger partial charge in [0.25, 0.3) is 5.91 Å². The van der Waals surface area contributed by atoms with Gasteiger partial charge in [0.2, 0.25) is 0 Å². The maximum absolute atomic E-state index is 12.2. The Morgan fingerprint density at radius 3 is 2.62 bits per heavy atom. The average molecular weight is 288 g/mol. The summed E-state index contributed by atoms with van der Waals surface area (Å²) in [7, 11) is 0. The number of aliphatic carboxylic acids is 1. The van der Waals surface area contributed by atoms with Crippen LogP contribution in [0.25, 0.3) is 10.9 Å². The molecule has 2 aromatic rings. The minimum atomic E-state index is -1.01. The molecule has 2 rings (SSSR count). The molecule has 5 heteroatoms. The molecule has 5 nitrogen and oxygen atoms in total. The third-order valence-electron chi connectivity index (χ3n) is 3.33. The van der Waals surface area contributed by atoms with Crippen molar-refractivity contribution >= 4 is 22.8 Å². The average Bonchev–Trinajstić information content (AvgIpc) is 2.80. The van der Waals surface area contributed by atoms with Crippen LogP contribution >= 0.6 is 0 Å². The maximum atomic E-state index is 12.2. The Kier molecular flexibility index (Phi) is 4.31. The second-order valence-corrected chi connectivity index (χ2v) is 5.77. The summed E-state index contributed by atoms with van der Waals surface area (Å²) in [6, 6.07) is 6.72. The van der Waals surface area contributed by atoms with Gasteiger partial charge in [0, 0.05) is 10.9 Å². The lowest BCUT2D eigenvalue weighted by Gasteiger charge is -2.15. The first-order valence-corrected chi connectivity index (χ1v) is 7.00. The lowest BCUT2D eigenvalue weighted by atomic mass is 10.0. The number of aromatic nitrogens is 1. The first kappa shape index (κ1) is 15.1. The Morgan fingerprint density at radius 2 is 2.00 bits per heavy atom. The molecule has 0 saturated heterocycles. The van der Waals surface area contributed by atoms with E-state index in [-0.39, 0.29) is 5.92 Å². The number of aromatic amines is 1. The number of carbonyl (C=O) groups is 2. The van der Waals surface area contributed by atoms with Crippen molar-refractivity contribution < 1.29 is 14.7 Å². The summed E-state index contributed by atoms with van der Waals surface area (Å²) < 4.78 is 0. The van der Waals surface area contributed by atoms with Crippen LogP contribution < -0.4 is 5.32 Å². The predicted molar refractivity (Wildman–Crippen MR) is 81.4 cm³/mol. The van der Waals surface area contributed by atoms with E-state index in [0.717, 1.165) is 16.5 Å². The van der Waals surface area contributed by atoms with Crippen LogP contribution in [0.5, 0.6) is 0 Å². The van der Waals surface area contributed by atoms with Gasteiger partial charge in [-0.1, -0.05) is 26.0 Å². The Bertz CT molecular complexity index is 673. The summed E-state index contributed by atoms with van der Waals surface area (Å²) in [4.78, 5) is 26.4. The fourth-order valence-corrected chi connectivity index (χ4v) is 2.29. The van der Waals surface area contributed by atoms with Gasteiger partial charge in [-0.3, -0.25) is 4.79 Å². The largest absolute Gasteiger partial charge is 0.480 e. The first-order chi connectivity index (χ1) is 9.86. The lowest BCUT2D eigenvalue weighted by Crippen LogP contribution is -2.41. The molecule has 1 aromatic carbocycles. The van der Waals surface area contributed by atoms with Crippen LogP contribution in [0.2, 0.25) is 0 Å². The number of carbonyl (C=O) groups excluding carboxylic acids is 1. The van der Waals surface area contributed by atoms with Crippen LogP contribution in [0.1, 0.15) is 36.3 Å². The highest BCUT2D eigenvalue weighted by molar-refractivity contribution is 5.99. The molecule has 3 N–H and O–H groups in total. The molecule has 1 aromatic heterocycles. The molecular weight excluding hydrogens is 268 g/mol. The quantitative estimate of drug-likeness (QED) is 0.791. The number of fused-ring (bicyclic) bond motifs is 1. The number of rotatable bonds is 5. The summed E-state index contributed by atoms with van der Waals surface area (Å²) in [5.74, 6) is -1.21. The van der Waals surface area contributed by atoms with Gasteiger partial charge < -0.3 is 15.4 Å². The number of nitrogens with one attached hydrogen (secondary N) is 2. The lowest BCUT2D eigenvalue weighted by molar-refractivity contribution is -0.139. The number of carboxylic acids is 1. The van der Waals surface area contributed by atoms with Gasteiger partial charge in [-0.05, 0) is 37.0 Å². The molecule has 0 aliphatic rings. The van der Waals surface area contributed by atoms with Crippen molar-refractivity contribution in [3.8, 4) is 0 Å². The summed E-state index contributed by atoms with van der Waals surface area (Å²) in [5, 5.41) is 12.7. The van der Waals surface area contributed by atoms with Crippen molar-refractivity contribution in [2.75, 3.05) is 0 Å². The van der Waals surface area contributed by atoms with Gasteiger partial charge in [0.15, 0.2) is 0 Å². The molecule has 1 amide bonds. The van der Waals surface area contributed by atoms with Crippen LogP contribution in [0.3, 0.4) is 0 Å². The molecular formula is C16H20N2O3. The van der Waals surface area contributed by atoms with E-state index in [1.54, 1.807) is 6.07 Å². The van der Waals surface area contributed by atoms with E-state index in [9.17, 15) is 9.59 Å². The highest BCUT2D eigenvalue weighted by atomic mass is 16.4. The predicted octanol–water partition coefficient (Wildman–Crippen LogP) is 2.71. The van der Waals surface area contributed by atoms with Crippen LogP contribution in [0, 0.1) is 12.8 Å². The number of carboxylic acid groups (broad SMARTS) is 1. The fraction of sp³-hybridized carbons (Fsp3) is 0.375. The van der Waals surface area contributed by atoms with Gasteiger partial charge in [0.05, 0.1) is 0 Å². The first-order valence-electron chi connectivity index (χ1n) is 7.00. The van der Waals surface area contributed by atoms with Crippen molar-refractivity contribution in [1.29, 1.82) is 0 Å². The highest BCUT2D eigenvalue weighted by Crippen LogP contribution is 2.17. The smallest absolute Gasteiger partial charge is 0.326 e. The SMILES string of the molecule is Cc1ccc2cc(C(=O)NC(CC(C)C)C(=O)O)[nH]c2c1. The van der Waals surface area contributed by atoms with Crippen LogP contribution in [-0.4, -0.2) is 28.0 Å². The Balaban J connectivity index is 2.19. The Morgan fingerprint density at radius 1 is 1.29 bits per heavy atom. The molecule has 21 heavy (non-hydrogen) atoms. The molecule has 0 fully saturated rings. The van der Waals surface area contributed by atoms with Gasteiger partial charge in [-0.25, -0.2) is 4.79 Å². The molecule has 0 saturated carbocycles. The van der Waals surface area contributed by atoms with E-state index >= 15 is 0 Å². The molecule has 1 unspecified atom stereocenters. The van der Waals surface area contributed by atoms with Crippen LogP contribution in [0.15, 0.2) is 24.3 Å². The standard InChI is InChI=1S/C16H20N2O3/c1-9(2)6-14(16(20)21)18-15(19)13-8-11-5-4-10(3)7-12(11)17-13/h4-5,7-9,14,17H,6H2,1-3H3,(H,18,19)(H,20,21). The summed E-state index contributed by atoms with van der Waals surface area (Å²) >= 11 is 0. The molecule has 1 atom stereocenters. The van der Waals surface area contributed by atoms with Gasteiger partial charge in [-0.2, -0.15) is 0 Å². The zero-order valence-corrected chi connectivity index (χ0v) is 12.4. The van der Waals surface area contributed by atoms with Crippen LogP contribution in [0.4, 0.5) is 0 Å². The highest BCUT2D eigenvalue weighted by Gasteiger charge is 2.22. The minimum Gasteiger partial charge on any atom is -0.480 e. The number of H-pyrrole nitrogens is 1. The number of hydrogen-bond donors (Lipinski definition) is 3. The van der Waals surface area contributed by atoms with E-state index in [0.29, 0.717) is 12.1 Å². The van der Waals surface area contributed by atoms with Crippen molar-refractivity contribution in [2.24, 2.45) is 5.92 Å². The van der Waals surface area contributed by atoms with Gasteiger partial charge in [-0.15, -0.1) is 0 Å². The van der Waals surface area contributed by atoms with E-state index in [1.165, 1.54) is 0 Å². The van der Waals surface area contributed by atoms with Crippen molar-refractivity contribution in [3.63, 3.8) is 0 Å². The van der Waals surface area contributed by atoms with Crippen molar-refractivity contribution in [1.82, 2.24) is 10.3 Å². The van der Waals surface area contributed by atoms with Crippen LogP contribution in [-0.2, 0) is 4.79 Å². The fourth-order valence-electron chi connectivity index (χ4n) is 2.29. The van der Waals surface area contributed by atoms with Crippen molar-refractivity contribution in [3.05, 3.63) is 35.5 Å². The number of hydrogen-bond acceptors (Lipinski definition) is 2. The number of aryl methyl sites for hydroxylation is 1. The van der Waals surface area contributed by atoms with E-state index < -0.39 is 17.9 Å². The minimum absolute atomic E-state index is 0.191. The van der Waals surface area contributed by atoms with E-state index in [1.807, 2.05) is 39.0 Å². The monoisotopic (exact) mass is 288 g/mol. The molecule has 112 valence electrons. The third kappa shape index (κ3) is 3.62. The number of benzene rings is 1. The Hall–Kier alpha value is -2.30. The topological polar surface area (TPSA) is 82.2 Å². The summed E-state index contributed by atoms with van der Waals surface area (Å²) in [6.45, 7) is 5.82. The summed E-state index contributed by atoms with van der Waals surface area (Å²) in [5.41, 5.74) is 2.35. The van der Waals surface area contributed by atoms with E-state index in [2.05, 4.69) is 10.3 Å². The molecule has 1 heterocycles. The Labute approximate surface area is 123 Å². The summed E-state index contributed by atoms with van der Waals surface area (Å²) in [6.07, 6.45) is 0.403. The van der Waals surface area contributed by atoms with E-state index in [4.69, 9.17) is 5.11 Å². The normalized spacial score (nSPS) is 12.6. The zero-order chi connectivity index (χ0) is 15.6. The number of amides is 1. The molecule has 0 aliphatic carbocycles. The van der Waals surface area contributed by atoms with Gasteiger partial charge >= 0.3 is 5.97 Å². The third-order valence-corrected chi connectivity index (χ3v) is 3.33. The maximum Gasteiger partial charge on any atom is 0.326 e. The molecule has 0 radical (unpaired) electrons. The molecule has 0 bridgehead atoms. The van der Waals surface area contributed by atoms with Crippen molar-refractivity contribution in [2.45, 2.75) is 33.2 Å².